The zero-order chi connectivity index (χ0) is 36.5. The molecule has 6 rings (SSSR count). The Morgan fingerprint density at radius 2 is 1.69 bits per heavy atom. The van der Waals surface area contributed by atoms with Crippen molar-refractivity contribution in [1.29, 1.82) is 0 Å². The van der Waals surface area contributed by atoms with Crippen molar-refractivity contribution >= 4 is 11.8 Å². The van der Waals surface area contributed by atoms with Gasteiger partial charge in [0.15, 0.2) is 0 Å². The number of ether oxygens (including phenoxy) is 1. The smallest absolute Gasteiger partial charge is 0.277 e. The number of benzene rings is 2. The molecule has 0 aliphatic heterocycles. The molecule has 2 aliphatic rings. The number of hydrogen-bond donors (Lipinski definition) is 2. The van der Waals surface area contributed by atoms with Crippen LogP contribution in [0.2, 0.25) is 0 Å². The van der Waals surface area contributed by atoms with Gasteiger partial charge in [-0.05, 0) is 107 Å². The van der Waals surface area contributed by atoms with Gasteiger partial charge in [-0.1, -0.05) is 98.2 Å². The fraction of sp³-hybridized carbons (Fsp3) is 0.400. The molecule has 2 heterocycles. The molecule has 2 aliphatic carbocycles. The second kappa shape index (κ2) is 20.3. The van der Waals surface area contributed by atoms with Crippen molar-refractivity contribution in [3.8, 4) is 17.1 Å². The zero-order valence-electron chi connectivity index (χ0n) is 31.6. The molecule has 2 N–H and O–H groups in total. The van der Waals surface area contributed by atoms with E-state index in [0.717, 1.165) is 87.2 Å². The SMILES string of the molecule is CCCC=C(Nc1cnc(-c2ccccc2)n(CC=C2CCC2)c1=O)C1CCC(Oc2ccccc2)CC1.CCc1ccncc1/C=C(\C)CNC. The summed E-state index contributed by atoms with van der Waals surface area (Å²) >= 11 is 0. The normalized spacial score (nSPS) is 17.4. The second-order valence-corrected chi connectivity index (χ2v) is 13.9. The van der Waals surface area contributed by atoms with Gasteiger partial charge in [-0.25, -0.2) is 4.98 Å². The van der Waals surface area contributed by atoms with Crippen LogP contribution in [0.25, 0.3) is 17.5 Å². The van der Waals surface area contributed by atoms with Crippen LogP contribution in [0.4, 0.5) is 5.69 Å². The minimum Gasteiger partial charge on any atom is -0.490 e. The molecule has 0 atom stereocenters. The third-order valence-corrected chi connectivity index (χ3v) is 9.91. The molecular formula is C45H57N5O2. The van der Waals surface area contributed by atoms with Crippen molar-refractivity contribution in [2.24, 2.45) is 5.92 Å². The molecule has 4 aromatic rings. The van der Waals surface area contributed by atoms with Crippen LogP contribution in [0.3, 0.4) is 0 Å². The molecule has 2 aromatic carbocycles. The number of para-hydroxylation sites is 1. The van der Waals surface area contributed by atoms with E-state index in [2.05, 4.69) is 60.7 Å². The number of allylic oxidation sites excluding steroid dienone is 4. The van der Waals surface area contributed by atoms with E-state index in [-0.39, 0.29) is 11.7 Å². The van der Waals surface area contributed by atoms with Crippen LogP contribution >= 0.6 is 0 Å². The van der Waals surface area contributed by atoms with Gasteiger partial charge >= 0.3 is 0 Å². The van der Waals surface area contributed by atoms with Crippen molar-refractivity contribution in [2.75, 3.05) is 18.9 Å². The number of likely N-dealkylation sites (N-methyl/N-ethyl adjacent to an activating group) is 1. The highest BCUT2D eigenvalue weighted by atomic mass is 16.5. The van der Waals surface area contributed by atoms with Gasteiger partial charge in [-0.3, -0.25) is 14.3 Å². The molecule has 2 saturated carbocycles. The van der Waals surface area contributed by atoms with E-state index in [4.69, 9.17) is 9.72 Å². The average molecular weight is 700 g/mol. The van der Waals surface area contributed by atoms with Gasteiger partial charge in [0.05, 0.1) is 12.3 Å². The lowest BCUT2D eigenvalue weighted by atomic mass is 9.84. The Balaban J connectivity index is 0.000000314. The molecular weight excluding hydrogens is 643 g/mol. The lowest BCUT2D eigenvalue weighted by Gasteiger charge is -2.31. The summed E-state index contributed by atoms with van der Waals surface area (Å²) in [6, 6.07) is 22.2. The molecule has 2 aromatic heterocycles. The molecule has 52 heavy (non-hydrogen) atoms. The molecule has 0 radical (unpaired) electrons. The van der Waals surface area contributed by atoms with E-state index in [1.54, 1.807) is 6.20 Å². The Hall–Kier alpha value is -4.75. The summed E-state index contributed by atoms with van der Waals surface area (Å²) in [5.74, 6) is 2.05. The monoisotopic (exact) mass is 699 g/mol. The van der Waals surface area contributed by atoms with E-state index in [1.165, 1.54) is 28.7 Å². The molecule has 7 heteroatoms. The van der Waals surface area contributed by atoms with Gasteiger partial charge in [0, 0.05) is 36.7 Å². The topological polar surface area (TPSA) is 81.1 Å². The number of aromatic nitrogens is 3. The van der Waals surface area contributed by atoms with Crippen LogP contribution in [0.1, 0.15) is 89.7 Å². The Morgan fingerprint density at radius 3 is 2.35 bits per heavy atom. The zero-order valence-corrected chi connectivity index (χ0v) is 31.6. The van der Waals surface area contributed by atoms with Crippen LogP contribution in [0.5, 0.6) is 5.75 Å². The maximum Gasteiger partial charge on any atom is 0.277 e. The maximum atomic E-state index is 13.8. The summed E-state index contributed by atoms with van der Waals surface area (Å²) in [5, 5.41) is 6.69. The van der Waals surface area contributed by atoms with E-state index < -0.39 is 0 Å². The van der Waals surface area contributed by atoms with Gasteiger partial charge in [-0.2, -0.15) is 0 Å². The van der Waals surface area contributed by atoms with Crippen molar-refractivity contribution in [1.82, 2.24) is 19.9 Å². The molecule has 0 unspecified atom stereocenters. The highest BCUT2D eigenvalue weighted by molar-refractivity contribution is 5.58. The quantitative estimate of drug-likeness (QED) is 0.128. The second-order valence-electron chi connectivity index (χ2n) is 13.9. The van der Waals surface area contributed by atoms with Crippen molar-refractivity contribution in [3.63, 3.8) is 0 Å². The molecule has 7 nitrogen and oxygen atoms in total. The molecule has 0 spiro atoms. The first kappa shape index (κ1) is 38.5. The summed E-state index contributed by atoms with van der Waals surface area (Å²) in [6.07, 6.45) is 23.2. The number of aryl methyl sites for hydroxylation is 1. The van der Waals surface area contributed by atoms with Crippen molar-refractivity contribution < 1.29 is 4.74 Å². The number of nitrogens with one attached hydrogen (secondary N) is 2. The number of unbranched alkanes of at least 4 members (excludes halogenated alkanes) is 1. The minimum atomic E-state index is -0.0153. The summed E-state index contributed by atoms with van der Waals surface area (Å²) in [6.45, 7) is 7.97. The van der Waals surface area contributed by atoms with Crippen LogP contribution < -0.4 is 20.9 Å². The van der Waals surface area contributed by atoms with Gasteiger partial charge in [0.25, 0.3) is 5.56 Å². The Labute approximate surface area is 311 Å². The van der Waals surface area contributed by atoms with Crippen LogP contribution in [0, 0.1) is 5.92 Å². The van der Waals surface area contributed by atoms with Crippen molar-refractivity contribution in [3.05, 3.63) is 136 Å². The number of hydrogen-bond acceptors (Lipinski definition) is 6. The highest BCUT2D eigenvalue weighted by Gasteiger charge is 2.26. The Morgan fingerprint density at radius 1 is 0.962 bits per heavy atom. The number of anilines is 1. The molecule has 274 valence electrons. The van der Waals surface area contributed by atoms with Crippen LogP contribution in [-0.2, 0) is 13.0 Å². The Bertz CT molecular complexity index is 1830. The number of nitrogens with zero attached hydrogens (tertiary/aromatic N) is 3. The van der Waals surface area contributed by atoms with E-state index >= 15 is 0 Å². The lowest BCUT2D eigenvalue weighted by molar-refractivity contribution is 0.139. The summed E-state index contributed by atoms with van der Waals surface area (Å²) < 4.78 is 8.05. The highest BCUT2D eigenvalue weighted by Crippen LogP contribution is 2.33. The molecule has 0 bridgehead atoms. The van der Waals surface area contributed by atoms with E-state index in [9.17, 15) is 4.79 Å². The third kappa shape index (κ3) is 11.1. The van der Waals surface area contributed by atoms with E-state index in [0.29, 0.717) is 18.2 Å². The third-order valence-electron chi connectivity index (χ3n) is 9.91. The minimum absolute atomic E-state index is 0.0153. The van der Waals surface area contributed by atoms with Gasteiger partial charge in [-0.15, -0.1) is 0 Å². The molecule has 0 saturated heterocycles. The Kier molecular flexibility index (Phi) is 15.0. The van der Waals surface area contributed by atoms with Gasteiger partial charge in [0.2, 0.25) is 0 Å². The fourth-order valence-electron chi connectivity index (χ4n) is 6.81. The van der Waals surface area contributed by atoms with Crippen molar-refractivity contribution in [2.45, 2.75) is 97.6 Å². The summed E-state index contributed by atoms with van der Waals surface area (Å²) in [7, 11) is 1.96. The number of pyridine rings is 1. The molecule has 0 amide bonds. The lowest BCUT2D eigenvalue weighted by Crippen LogP contribution is -2.29. The maximum absolute atomic E-state index is 13.8. The van der Waals surface area contributed by atoms with E-state index in [1.807, 2.05) is 84.7 Å². The fourth-order valence-corrected chi connectivity index (χ4v) is 6.81. The first-order chi connectivity index (χ1) is 25.5. The summed E-state index contributed by atoms with van der Waals surface area (Å²) in [4.78, 5) is 22.7. The molecule has 2 fully saturated rings. The van der Waals surface area contributed by atoms with Gasteiger partial charge < -0.3 is 15.4 Å². The van der Waals surface area contributed by atoms with Gasteiger partial charge in [0.1, 0.15) is 17.3 Å². The standard InChI is InChI=1S/C33H39N3O2.C12H18N2/c1-2-3-17-30(26-18-20-29(21-19-26)38-28-15-8-5-9-16-28)35-31-24-34-32(27-13-6-4-7-14-27)36(33(31)37)23-22-25-11-10-12-25;1-4-11-5-6-14-9-12(11)7-10(2)8-13-3/h4-9,13-17,22,24,26,29,35H,2-3,10-12,18-21,23H2,1H3;5-7,9,13H,4,8H2,1-3H3/b;10-7+. The predicted octanol–water partition coefficient (Wildman–Crippen LogP) is 10.0. The first-order valence-electron chi connectivity index (χ1n) is 19.3. The first-order valence-corrected chi connectivity index (χ1v) is 19.3. The number of rotatable bonds is 14. The van der Waals surface area contributed by atoms with Crippen LogP contribution in [-0.4, -0.2) is 34.2 Å². The average Bonchev–Trinajstić information content (AvgIpc) is 3.15. The summed E-state index contributed by atoms with van der Waals surface area (Å²) in [5.41, 5.74) is 8.02. The predicted molar refractivity (Wildman–Crippen MR) is 216 cm³/mol. The largest absolute Gasteiger partial charge is 0.490 e. The van der Waals surface area contributed by atoms with Crippen LogP contribution in [0.15, 0.2) is 119 Å².